The van der Waals surface area contributed by atoms with Crippen molar-refractivity contribution in [2.24, 2.45) is 0 Å². The molecule has 0 aliphatic rings. The van der Waals surface area contributed by atoms with Gasteiger partial charge in [0.1, 0.15) is 0 Å². The first-order valence-corrected chi connectivity index (χ1v) is 4.11. The highest BCUT2D eigenvalue weighted by Crippen LogP contribution is 2.25. The Morgan fingerprint density at radius 1 is 1.20 bits per heavy atom. The second-order valence-corrected chi connectivity index (χ2v) is 2.76. The van der Waals surface area contributed by atoms with Crippen molar-refractivity contribution < 1.29 is 9.85 Å². The summed E-state index contributed by atoms with van der Waals surface area (Å²) in [5.74, 6) is 0. The van der Waals surface area contributed by atoms with Crippen molar-refractivity contribution in [2.45, 2.75) is 6.92 Å². The van der Waals surface area contributed by atoms with E-state index in [2.05, 4.69) is 0 Å². The van der Waals surface area contributed by atoms with Gasteiger partial charge in [-0.25, -0.2) is 0 Å². The minimum atomic E-state index is -0.660. The molecule has 6 nitrogen and oxygen atoms in total. The van der Waals surface area contributed by atoms with Gasteiger partial charge in [0.15, 0.2) is 0 Å². The molecule has 1 aromatic rings. The number of nitro groups is 2. The lowest BCUT2D eigenvalue weighted by atomic mass is 10.1. The second kappa shape index (κ2) is 4.32. The van der Waals surface area contributed by atoms with Crippen LogP contribution in [0.2, 0.25) is 0 Å². The highest BCUT2D eigenvalue weighted by Gasteiger charge is 2.17. The summed E-state index contributed by atoms with van der Waals surface area (Å²) in [5.41, 5.74) is -0.189. The number of non-ortho nitro benzene ring substituents is 1. The average Bonchev–Trinajstić information content (AvgIpc) is 2.18. The molecule has 0 bridgehead atoms. The van der Waals surface area contributed by atoms with Gasteiger partial charge in [0, 0.05) is 6.07 Å². The first-order chi connectivity index (χ1) is 7.06. The predicted octanol–water partition coefficient (Wildman–Crippen LogP) is 2.54. The number of nitrogens with zero attached hydrogens (tertiary/aromatic N) is 2. The first kappa shape index (κ1) is 10.8. The van der Waals surface area contributed by atoms with Crippen LogP contribution < -0.4 is 0 Å². The number of rotatable bonds is 3. The number of benzene rings is 1. The van der Waals surface area contributed by atoms with Gasteiger partial charge >= 0.3 is 0 Å². The van der Waals surface area contributed by atoms with Gasteiger partial charge in [0.2, 0.25) is 0 Å². The van der Waals surface area contributed by atoms with Crippen LogP contribution in [0.1, 0.15) is 12.5 Å². The molecule has 0 aliphatic heterocycles. The Bertz CT molecular complexity index is 440. The number of nitro benzene ring substituents is 2. The van der Waals surface area contributed by atoms with Gasteiger partial charge < -0.3 is 0 Å². The number of hydrogen-bond donors (Lipinski definition) is 0. The molecule has 0 saturated heterocycles. The van der Waals surface area contributed by atoms with Crippen molar-refractivity contribution in [3.05, 3.63) is 50.1 Å². The summed E-state index contributed by atoms with van der Waals surface area (Å²) in [7, 11) is 0. The Morgan fingerprint density at radius 2 is 1.87 bits per heavy atom. The molecule has 0 saturated carbocycles. The van der Waals surface area contributed by atoms with E-state index in [0.717, 1.165) is 6.07 Å². The Morgan fingerprint density at radius 3 is 2.33 bits per heavy atom. The maximum Gasteiger partial charge on any atom is 0.283 e. The van der Waals surface area contributed by atoms with Crippen molar-refractivity contribution in [1.82, 2.24) is 0 Å². The first-order valence-electron chi connectivity index (χ1n) is 4.11. The Hall–Kier alpha value is -2.24. The predicted molar refractivity (Wildman–Crippen MR) is 54.5 cm³/mol. The van der Waals surface area contributed by atoms with Crippen LogP contribution in [0, 0.1) is 20.2 Å². The zero-order chi connectivity index (χ0) is 11.4. The fourth-order valence-electron chi connectivity index (χ4n) is 1.12. The molecule has 0 atom stereocenters. The van der Waals surface area contributed by atoms with Gasteiger partial charge in [0.05, 0.1) is 21.5 Å². The SMILES string of the molecule is CC=Cc1ccc([N+](=O)[O-])cc1[N+](=O)[O-]. The molecule has 0 N–H and O–H groups in total. The molecule has 0 amide bonds. The van der Waals surface area contributed by atoms with Crippen molar-refractivity contribution in [3.63, 3.8) is 0 Å². The molecule has 0 unspecified atom stereocenters. The van der Waals surface area contributed by atoms with Gasteiger partial charge in [-0.15, -0.1) is 0 Å². The Balaban J connectivity index is 3.33. The van der Waals surface area contributed by atoms with E-state index in [0.29, 0.717) is 5.56 Å². The molecule has 0 spiro atoms. The molecular weight excluding hydrogens is 200 g/mol. The molecule has 0 aliphatic carbocycles. The lowest BCUT2D eigenvalue weighted by Crippen LogP contribution is -1.94. The fourth-order valence-corrected chi connectivity index (χ4v) is 1.12. The van der Waals surface area contributed by atoms with E-state index in [1.807, 2.05) is 0 Å². The van der Waals surface area contributed by atoms with Crippen LogP contribution in [0.15, 0.2) is 24.3 Å². The van der Waals surface area contributed by atoms with Crippen molar-refractivity contribution in [1.29, 1.82) is 0 Å². The molecule has 0 aromatic heterocycles. The molecule has 78 valence electrons. The summed E-state index contributed by atoms with van der Waals surface area (Å²) in [4.78, 5) is 19.7. The average molecular weight is 208 g/mol. The maximum atomic E-state index is 10.6. The highest BCUT2D eigenvalue weighted by atomic mass is 16.6. The minimum absolute atomic E-state index is 0.262. The van der Waals surface area contributed by atoms with Crippen molar-refractivity contribution >= 4 is 17.5 Å². The standard InChI is InChI=1S/C9H8N2O4/c1-2-3-7-4-5-8(10(12)13)6-9(7)11(14)15/h2-6H,1H3. The third kappa shape index (κ3) is 2.37. The topological polar surface area (TPSA) is 86.3 Å². The lowest BCUT2D eigenvalue weighted by molar-refractivity contribution is -0.394. The maximum absolute atomic E-state index is 10.6. The summed E-state index contributed by atoms with van der Waals surface area (Å²) >= 11 is 0. The van der Waals surface area contributed by atoms with Gasteiger partial charge in [-0.3, -0.25) is 20.2 Å². The third-order valence-electron chi connectivity index (χ3n) is 1.77. The summed E-state index contributed by atoms with van der Waals surface area (Å²) in [6.45, 7) is 1.71. The van der Waals surface area contributed by atoms with Crippen LogP contribution in [-0.4, -0.2) is 9.85 Å². The molecule has 1 aromatic carbocycles. The van der Waals surface area contributed by atoms with E-state index in [1.165, 1.54) is 18.2 Å². The number of hydrogen-bond acceptors (Lipinski definition) is 4. The van der Waals surface area contributed by atoms with Crippen LogP contribution in [0.5, 0.6) is 0 Å². The van der Waals surface area contributed by atoms with Crippen LogP contribution in [-0.2, 0) is 0 Å². The largest absolute Gasteiger partial charge is 0.283 e. The van der Waals surface area contributed by atoms with Crippen LogP contribution in [0.4, 0.5) is 11.4 Å². The Kier molecular flexibility index (Phi) is 3.12. The van der Waals surface area contributed by atoms with Gasteiger partial charge in [-0.1, -0.05) is 12.2 Å². The van der Waals surface area contributed by atoms with Gasteiger partial charge in [0.25, 0.3) is 11.4 Å². The fraction of sp³-hybridized carbons (Fsp3) is 0.111. The van der Waals surface area contributed by atoms with Crippen molar-refractivity contribution in [2.75, 3.05) is 0 Å². The van der Waals surface area contributed by atoms with Gasteiger partial charge in [-0.05, 0) is 13.0 Å². The molecule has 0 radical (unpaired) electrons. The zero-order valence-electron chi connectivity index (χ0n) is 7.91. The van der Waals surface area contributed by atoms with E-state index in [1.54, 1.807) is 13.0 Å². The van der Waals surface area contributed by atoms with E-state index in [-0.39, 0.29) is 11.4 Å². The van der Waals surface area contributed by atoms with Crippen LogP contribution in [0.25, 0.3) is 6.08 Å². The summed E-state index contributed by atoms with van der Waals surface area (Å²) < 4.78 is 0. The Labute approximate surface area is 85.1 Å². The summed E-state index contributed by atoms with van der Waals surface area (Å²) in [6, 6.07) is 3.55. The molecule has 0 heterocycles. The van der Waals surface area contributed by atoms with Crippen molar-refractivity contribution in [3.8, 4) is 0 Å². The van der Waals surface area contributed by atoms with E-state index in [4.69, 9.17) is 0 Å². The molecule has 15 heavy (non-hydrogen) atoms. The van der Waals surface area contributed by atoms with E-state index in [9.17, 15) is 20.2 Å². The lowest BCUT2D eigenvalue weighted by Gasteiger charge is -1.97. The molecular formula is C9H8N2O4. The highest BCUT2D eigenvalue weighted by molar-refractivity contribution is 5.63. The molecule has 0 fully saturated rings. The van der Waals surface area contributed by atoms with Crippen LogP contribution >= 0.6 is 0 Å². The smallest absolute Gasteiger partial charge is 0.258 e. The molecule has 1 rings (SSSR count). The number of allylic oxidation sites excluding steroid dienone is 1. The van der Waals surface area contributed by atoms with Gasteiger partial charge in [-0.2, -0.15) is 0 Å². The summed E-state index contributed by atoms with van der Waals surface area (Å²) in [5, 5.41) is 21.0. The minimum Gasteiger partial charge on any atom is -0.258 e. The second-order valence-electron chi connectivity index (χ2n) is 2.76. The third-order valence-corrected chi connectivity index (χ3v) is 1.77. The van der Waals surface area contributed by atoms with Crippen LogP contribution in [0.3, 0.4) is 0 Å². The monoisotopic (exact) mass is 208 g/mol. The normalized spacial score (nSPS) is 10.5. The quantitative estimate of drug-likeness (QED) is 0.564. The van der Waals surface area contributed by atoms with E-state index < -0.39 is 9.85 Å². The summed E-state index contributed by atoms with van der Waals surface area (Å²) in [6.07, 6.45) is 3.16. The van der Waals surface area contributed by atoms with E-state index >= 15 is 0 Å². The molecule has 6 heteroatoms. The zero-order valence-corrected chi connectivity index (χ0v) is 7.91.